The highest BCUT2D eigenvalue weighted by Crippen LogP contribution is 2.44. The first-order valence-electron chi connectivity index (χ1n) is 14.4. The number of nitrogen functional groups attached to an aromatic ring is 1. The minimum absolute atomic E-state index is 0.0368. The molecule has 1 atom stereocenters. The van der Waals surface area contributed by atoms with Crippen molar-refractivity contribution in [1.82, 2.24) is 9.88 Å². The van der Waals surface area contributed by atoms with Gasteiger partial charge in [0.15, 0.2) is 0 Å². The third kappa shape index (κ3) is 4.67. The van der Waals surface area contributed by atoms with Crippen LogP contribution in [0, 0.1) is 6.92 Å². The summed E-state index contributed by atoms with van der Waals surface area (Å²) in [6, 6.07) is 17.1. The molecule has 3 aromatic carbocycles. The van der Waals surface area contributed by atoms with Crippen LogP contribution in [0.5, 0.6) is 0 Å². The fourth-order valence-electron chi connectivity index (χ4n) is 6.11. The summed E-state index contributed by atoms with van der Waals surface area (Å²) in [5.74, 6) is 0. The monoisotopic (exact) mass is 576 g/mol. The molecule has 0 spiro atoms. The van der Waals surface area contributed by atoms with Crippen LogP contribution in [0.15, 0.2) is 115 Å². The van der Waals surface area contributed by atoms with E-state index in [0.29, 0.717) is 6.54 Å². The molecule has 0 radical (unpaired) electrons. The molecule has 2 heterocycles. The summed E-state index contributed by atoms with van der Waals surface area (Å²) in [6.07, 6.45) is 18.3. The number of aryl methyl sites for hydroxylation is 1. The van der Waals surface area contributed by atoms with E-state index in [2.05, 4.69) is 88.7 Å². The van der Waals surface area contributed by atoms with E-state index in [1.54, 1.807) is 0 Å². The summed E-state index contributed by atoms with van der Waals surface area (Å²) in [5, 5.41) is 10.6. The van der Waals surface area contributed by atoms with Gasteiger partial charge in [0.05, 0.1) is 22.9 Å². The maximum Gasteiger partial charge on any atom is 0.0765 e. The van der Waals surface area contributed by atoms with Crippen LogP contribution in [0.25, 0.3) is 49.6 Å². The van der Waals surface area contributed by atoms with Gasteiger partial charge in [-0.05, 0) is 90.5 Å². The van der Waals surface area contributed by atoms with Crippen LogP contribution in [-0.4, -0.2) is 17.7 Å². The van der Waals surface area contributed by atoms with E-state index >= 15 is 0 Å². The zero-order valence-corrected chi connectivity index (χ0v) is 25.1. The molecule has 5 heteroatoms. The smallest absolute Gasteiger partial charge is 0.0765 e. The molecule has 7 rings (SSSR count). The van der Waals surface area contributed by atoms with Crippen LogP contribution in [0.4, 0.5) is 11.4 Å². The van der Waals surface area contributed by atoms with E-state index in [1.807, 2.05) is 73.2 Å². The van der Waals surface area contributed by atoms with Gasteiger partial charge in [0.1, 0.15) is 0 Å². The van der Waals surface area contributed by atoms with E-state index < -0.39 is 0 Å². The summed E-state index contributed by atoms with van der Waals surface area (Å²) in [4.78, 5) is 1.27. The van der Waals surface area contributed by atoms with Gasteiger partial charge in [0.25, 0.3) is 0 Å². The zero-order chi connectivity index (χ0) is 29.5. The average molecular weight is 577 g/mol. The Morgan fingerprint density at radius 1 is 1.09 bits per heavy atom. The number of hydrogen-bond donors (Lipinski definition) is 3. The molecule has 0 saturated heterocycles. The normalized spacial score (nSPS) is 14.2. The Hall–Kier alpha value is -5.18. The molecule has 210 valence electrons. The Morgan fingerprint density at radius 3 is 2.79 bits per heavy atom. The highest BCUT2D eigenvalue weighted by molar-refractivity contribution is 7.21. The van der Waals surface area contributed by atoms with Gasteiger partial charge in [-0.2, -0.15) is 0 Å². The van der Waals surface area contributed by atoms with Crippen LogP contribution in [0.1, 0.15) is 21.6 Å². The van der Waals surface area contributed by atoms with Crippen molar-refractivity contribution in [3.63, 3.8) is 0 Å². The van der Waals surface area contributed by atoms with Gasteiger partial charge in [0.2, 0.25) is 0 Å². The molecule has 43 heavy (non-hydrogen) atoms. The number of rotatable bonds is 9. The minimum atomic E-state index is -0.0368. The Morgan fingerprint density at radius 2 is 1.98 bits per heavy atom. The lowest BCUT2D eigenvalue weighted by Crippen LogP contribution is -2.27. The number of nitrogens with zero attached hydrogens (tertiary/aromatic N) is 1. The molecular formula is C38H32N4S. The van der Waals surface area contributed by atoms with Crippen molar-refractivity contribution in [1.29, 1.82) is 0 Å². The summed E-state index contributed by atoms with van der Waals surface area (Å²) >= 11 is 1.85. The van der Waals surface area contributed by atoms with Crippen LogP contribution in [0.2, 0.25) is 0 Å². The van der Waals surface area contributed by atoms with Crippen molar-refractivity contribution in [2.24, 2.45) is 0 Å². The fraction of sp³-hybridized carbons (Fsp3) is 0.105. The lowest BCUT2D eigenvalue weighted by molar-refractivity contribution is 0.681. The van der Waals surface area contributed by atoms with Crippen molar-refractivity contribution in [2.45, 2.75) is 19.5 Å². The number of fused-ring (bicyclic) bond motifs is 7. The standard InChI is InChI=1S/C38H32N4S/c1-24(11-8-9-20-40-3)29-22-30-35(21-25(29)2)42(34-19-18-28-27-14-10-17-36(27)43-38(28)37(30)34)23-33(26-12-4-5-13-26)41-32-16-7-6-15-31(32)39/h4-9,11-12,14-22,33,40-41H,1,23,39H2,2-3H3/b11-8-,20-9-. The largest absolute Gasteiger partial charge is 0.397 e. The fourth-order valence-corrected chi connectivity index (χ4v) is 7.34. The van der Waals surface area contributed by atoms with Crippen LogP contribution < -0.4 is 16.4 Å². The number of nitrogens with one attached hydrogen (secondary N) is 2. The Balaban J connectivity index is 1.43. The topological polar surface area (TPSA) is 55.0 Å². The summed E-state index contributed by atoms with van der Waals surface area (Å²) in [6.45, 7) is 7.31. The lowest BCUT2D eigenvalue weighted by atomic mass is 9.98. The molecule has 0 amide bonds. The maximum absolute atomic E-state index is 6.38. The Kier molecular flexibility index (Phi) is 6.77. The molecule has 1 unspecified atom stereocenters. The first kappa shape index (κ1) is 26.7. The number of aromatic nitrogens is 1. The van der Waals surface area contributed by atoms with Gasteiger partial charge >= 0.3 is 0 Å². The van der Waals surface area contributed by atoms with Crippen molar-refractivity contribution in [3.05, 3.63) is 136 Å². The molecule has 2 aliphatic carbocycles. The molecule has 2 aromatic heterocycles. The number of hydrogen-bond acceptors (Lipinski definition) is 4. The summed E-state index contributed by atoms with van der Waals surface area (Å²) in [7, 11) is 1.89. The zero-order valence-electron chi connectivity index (χ0n) is 24.2. The quantitative estimate of drug-likeness (QED) is 0.0915. The SMILES string of the molecule is C=C(/C=C\C=C/NC)c1cc2c3c4sc5c(c4ccc3n(CC(Nc3ccccc3N)C3=C=CC=C3)c2cc1C)C=C=C5. The predicted molar refractivity (Wildman–Crippen MR) is 187 cm³/mol. The molecule has 5 aromatic rings. The van der Waals surface area contributed by atoms with E-state index in [0.717, 1.165) is 28.1 Å². The van der Waals surface area contributed by atoms with Gasteiger partial charge in [-0.3, -0.25) is 0 Å². The Bertz CT molecular complexity index is 2180. The second-order valence-corrected chi connectivity index (χ2v) is 12.0. The second kappa shape index (κ2) is 10.9. The molecule has 0 saturated carbocycles. The number of allylic oxidation sites excluding steroid dienone is 5. The highest BCUT2D eigenvalue weighted by atomic mass is 32.1. The van der Waals surface area contributed by atoms with E-state index in [-0.39, 0.29) is 6.04 Å². The van der Waals surface area contributed by atoms with Crippen LogP contribution >= 0.6 is 11.3 Å². The lowest BCUT2D eigenvalue weighted by Gasteiger charge is -2.23. The van der Waals surface area contributed by atoms with Crippen molar-refractivity contribution in [2.75, 3.05) is 18.1 Å². The first-order chi connectivity index (χ1) is 21.0. The first-order valence-corrected chi connectivity index (χ1v) is 15.2. The van der Waals surface area contributed by atoms with Gasteiger partial charge in [0, 0.05) is 56.0 Å². The van der Waals surface area contributed by atoms with Gasteiger partial charge in [-0.15, -0.1) is 22.8 Å². The van der Waals surface area contributed by atoms with Crippen molar-refractivity contribution in [3.8, 4) is 0 Å². The average Bonchev–Trinajstić information content (AvgIpc) is 3.80. The number of thiophene rings is 1. The third-order valence-corrected chi connectivity index (χ3v) is 9.40. The van der Waals surface area contributed by atoms with E-state index in [4.69, 9.17) is 5.73 Å². The van der Waals surface area contributed by atoms with Crippen LogP contribution in [-0.2, 0) is 6.54 Å². The molecule has 0 aliphatic heterocycles. The van der Waals surface area contributed by atoms with Crippen molar-refractivity contribution < 1.29 is 0 Å². The summed E-state index contributed by atoms with van der Waals surface area (Å²) < 4.78 is 3.77. The maximum atomic E-state index is 6.38. The number of para-hydroxylation sites is 2. The number of benzene rings is 3. The molecule has 2 aliphatic rings. The Labute approximate surface area is 255 Å². The van der Waals surface area contributed by atoms with Crippen molar-refractivity contribution >= 4 is 72.3 Å². The van der Waals surface area contributed by atoms with Gasteiger partial charge in [-0.25, -0.2) is 0 Å². The molecule has 0 fully saturated rings. The third-order valence-electron chi connectivity index (χ3n) is 8.21. The number of nitrogens with two attached hydrogens (primary N) is 1. The molecule has 4 nitrogen and oxygen atoms in total. The minimum Gasteiger partial charge on any atom is -0.397 e. The van der Waals surface area contributed by atoms with Gasteiger partial charge < -0.3 is 20.9 Å². The predicted octanol–water partition coefficient (Wildman–Crippen LogP) is 8.97. The van der Waals surface area contributed by atoms with Crippen LogP contribution in [0.3, 0.4) is 0 Å². The van der Waals surface area contributed by atoms with E-state index in [1.165, 1.54) is 47.9 Å². The van der Waals surface area contributed by atoms with Gasteiger partial charge in [-0.1, -0.05) is 43.0 Å². The molecule has 4 N–H and O–H groups in total. The number of anilines is 2. The molecule has 0 bridgehead atoms. The summed E-state index contributed by atoms with van der Waals surface area (Å²) in [5.41, 5.74) is 22.9. The van der Waals surface area contributed by atoms with E-state index in [9.17, 15) is 0 Å². The second-order valence-electron chi connectivity index (χ2n) is 10.9. The highest BCUT2D eigenvalue weighted by Gasteiger charge is 2.23. The molecular weight excluding hydrogens is 545 g/mol.